The number of imidazole rings is 1. The molecule has 0 N–H and O–H groups in total. The van der Waals surface area contributed by atoms with Crippen LogP contribution in [-0.4, -0.2) is 38.4 Å². The number of hydrogen-bond donors (Lipinski definition) is 0. The number of para-hydroxylation sites is 2. The Morgan fingerprint density at radius 2 is 1.93 bits per heavy atom. The molecule has 3 rings (SSSR count). The van der Waals surface area contributed by atoms with Crippen LogP contribution in [0.3, 0.4) is 0 Å². The van der Waals surface area contributed by atoms with E-state index in [4.69, 9.17) is 9.47 Å². The number of carbonyl (C=O) groups excluding carboxylic acids is 1. The van der Waals surface area contributed by atoms with Crippen molar-refractivity contribution in [1.82, 2.24) is 18.7 Å². The number of aromatic nitrogens is 4. The molecule has 0 saturated heterocycles. The minimum Gasteiger partial charge on any atom is -0.495 e. The van der Waals surface area contributed by atoms with Crippen molar-refractivity contribution in [3.63, 3.8) is 0 Å². The fraction of sp³-hybridized carbons (Fsp3) is 0.368. The van der Waals surface area contributed by atoms with E-state index in [2.05, 4.69) is 4.98 Å². The molecule has 0 unspecified atom stereocenters. The largest absolute Gasteiger partial charge is 0.495 e. The van der Waals surface area contributed by atoms with Crippen LogP contribution in [0.25, 0.3) is 16.9 Å². The Bertz CT molecular complexity index is 1140. The van der Waals surface area contributed by atoms with Crippen molar-refractivity contribution in [2.45, 2.75) is 33.4 Å². The monoisotopic (exact) mass is 386 g/mol. The van der Waals surface area contributed by atoms with Crippen molar-refractivity contribution in [1.29, 1.82) is 0 Å². The van der Waals surface area contributed by atoms with Crippen LogP contribution < -0.4 is 16.0 Å². The Morgan fingerprint density at radius 3 is 2.57 bits per heavy atom. The van der Waals surface area contributed by atoms with Gasteiger partial charge in [-0.1, -0.05) is 12.1 Å². The summed E-state index contributed by atoms with van der Waals surface area (Å²) in [4.78, 5) is 42.5. The Labute approximate surface area is 160 Å². The number of carbonyl (C=O) groups is 1. The van der Waals surface area contributed by atoms with Gasteiger partial charge in [-0.15, -0.1) is 0 Å². The molecule has 0 aliphatic rings. The Kier molecular flexibility index (Phi) is 5.34. The van der Waals surface area contributed by atoms with Crippen molar-refractivity contribution in [3.8, 4) is 11.4 Å². The molecule has 0 aliphatic carbocycles. The molecule has 1 atom stereocenters. The predicted molar refractivity (Wildman–Crippen MR) is 103 cm³/mol. The Balaban J connectivity index is 2.40. The minimum atomic E-state index is -0.772. The fourth-order valence-electron chi connectivity index (χ4n) is 3.13. The third-order valence-electron chi connectivity index (χ3n) is 4.54. The number of benzene rings is 1. The molecule has 9 heteroatoms. The Hall–Kier alpha value is -3.36. The molecule has 28 heavy (non-hydrogen) atoms. The van der Waals surface area contributed by atoms with E-state index in [1.165, 1.54) is 22.6 Å². The average molecular weight is 386 g/mol. The molecular weight excluding hydrogens is 364 g/mol. The van der Waals surface area contributed by atoms with Gasteiger partial charge in [0.15, 0.2) is 11.2 Å². The first-order valence-electron chi connectivity index (χ1n) is 8.98. The van der Waals surface area contributed by atoms with E-state index >= 15 is 0 Å². The smallest absolute Gasteiger partial charge is 0.337 e. The van der Waals surface area contributed by atoms with Gasteiger partial charge in [0.2, 0.25) is 0 Å². The standard InChI is InChI=1S/C19H22N4O5/c1-5-21-17(24)15-16(20-11-22(15)12(3)18(25)28-6-2)23(19(21)26)13-9-7-8-10-14(13)27-4/h7-12H,5-6H2,1-4H3/t12-/m1/s1. The quantitative estimate of drug-likeness (QED) is 0.596. The lowest BCUT2D eigenvalue weighted by Gasteiger charge is -2.16. The molecule has 1 aromatic carbocycles. The van der Waals surface area contributed by atoms with Gasteiger partial charge in [0.1, 0.15) is 11.8 Å². The molecule has 9 nitrogen and oxygen atoms in total. The van der Waals surface area contributed by atoms with Gasteiger partial charge in [0, 0.05) is 6.54 Å². The second-order valence-corrected chi connectivity index (χ2v) is 6.09. The molecule has 2 aromatic heterocycles. The summed E-state index contributed by atoms with van der Waals surface area (Å²) in [7, 11) is 1.50. The predicted octanol–water partition coefficient (Wildman–Crippen LogP) is 1.50. The molecule has 0 aliphatic heterocycles. The molecule has 0 amide bonds. The summed E-state index contributed by atoms with van der Waals surface area (Å²) in [6.07, 6.45) is 1.37. The molecule has 2 heterocycles. The van der Waals surface area contributed by atoms with Crippen molar-refractivity contribution < 1.29 is 14.3 Å². The molecule has 148 valence electrons. The normalized spacial score (nSPS) is 12.1. The van der Waals surface area contributed by atoms with Crippen molar-refractivity contribution in [3.05, 3.63) is 51.4 Å². The van der Waals surface area contributed by atoms with E-state index in [1.807, 2.05) is 0 Å². The molecule has 0 radical (unpaired) electrons. The summed E-state index contributed by atoms with van der Waals surface area (Å²) in [6, 6.07) is 6.19. The van der Waals surface area contributed by atoms with E-state index in [1.54, 1.807) is 45.0 Å². The summed E-state index contributed by atoms with van der Waals surface area (Å²) in [6.45, 7) is 5.42. The number of methoxy groups -OCH3 is 1. The number of esters is 1. The SMILES string of the molecule is CCOC(=O)[C@@H](C)n1cnc2c1c(=O)n(CC)c(=O)n2-c1ccccc1OC. The molecule has 0 fully saturated rings. The fourth-order valence-corrected chi connectivity index (χ4v) is 3.13. The third kappa shape index (κ3) is 2.98. The zero-order valence-electron chi connectivity index (χ0n) is 16.2. The highest BCUT2D eigenvalue weighted by molar-refractivity contribution is 5.79. The maximum Gasteiger partial charge on any atom is 0.337 e. The molecular formula is C19H22N4O5. The van der Waals surface area contributed by atoms with E-state index in [0.29, 0.717) is 11.4 Å². The molecule has 3 aromatic rings. The highest BCUT2D eigenvalue weighted by Gasteiger charge is 2.25. The highest BCUT2D eigenvalue weighted by Crippen LogP contribution is 2.24. The number of nitrogens with zero attached hydrogens (tertiary/aromatic N) is 4. The molecule has 0 saturated carbocycles. The molecule has 0 spiro atoms. The second-order valence-electron chi connectivity index (χ2n) is 6.09. The van der Waals surface area contributed by atoms with Crippen molar-refractivity contribution in [2.75, 3.05) is 13.7 Å². The third-order valence-corrected chi connectivity index (χ3v) is 4.54. The number of rotatable bonds is 6. The van der Waals surface area contributed by atoms with Gasteiger partial charge < -0.3 is 14.0 Å². The van der Waals surface area contributed by atoms with Crippen LogP contribution in [-0.2, 0) is 16.1 Å². The Morgan fingerprint density at radius 1 is 1.21 bits per heavy atom. The van der Waals surface area contributed by atoms with E-state index < -0.39 is 23.3 Å². The van der Waals surface area contributed by atoms with Crippen LogP contribution in [0.15, 0.2) is 40.2 Å². The van der Waals surface area contributed by atoms with Gasteiger partial charge >= 0.3 is 11.7 Å². The second kappa shape index (κ2) is 7.71. The zero-order valence-corrected chi connectivity index (χ0v) is 16.2. The van der Waals surface area contributed by atoms with Crippen molar-refractivity contribution >= 4 is 17.1 Å². The summed E-state index contributed by atoms with van der Waals surface area (Å²) in [5.41, 5.74) is -0.287. The van der Waals surface area contributed by atoms with Gasteiger partial charge in [0.05, 0.1) is 25.7 Å². The average Bonchev–Trinajstić information content (AvgIpc) is 3.13. The van der Waals surface area contributed by atoms with Gasteiger partial charge in [-0.05, 0) is 32.9 Å². The number of ether oxygens (including phenoxy) is 2. The molecule has 0 bridgehead atoms. The maximum atomic E-state index is 13.0. The topological polar surface area (TPSA) is 97.4 Å². The van der Waals surface area contributed by atoms with E-state index in [0.717, 1.165) is 4.57 Å². The summed E-state index contributed by atoms with van der Waals surface area (Å²) in [5, 5.41) is 0. The number of hydrogen-bond acceptors (Lipinski definition) is 6. The van der Waals surface area contributed by atoms with E-state index in [9.17, 15) is 14.4 Å². The maximum absolute atomic E-state index is 13.0. The minimum absolute atomic E-state index is 0.146. The van der Waals surface area contributed by atoms with Crippen molar-refractivity contribution in [2.24, 2.45) is 0 Å². The summed E-state index contributed by atoms with van der Waals surface area (Å²) in [5.74, 6) is -0.0283. The van der Waals surface area contributed by atoms with Gasteiger partial charge in [-0.3, -0.25) is 9.36 Å². The van der Waals surface area contributed by atoms with Crippen LogP contribution >= 0.6 is 0 Å². The van der Waals surface area contributed by atoms with Crippen LogP contribution in [0.4, 0.5) is 0 Å². The highest BCUT2D eigenvalue weighted by atomic mass is 16.5. The van der Waals surface area contributed by atoms with Crippen LogP contribution in [0.1, 0.15) is 26.8 Å². The van der Waals surface area contributed by atoms with Gasteiger partial charge in [-0.25, -0.2) is 19.1 Å². The first-order valence-corrected chi connectivity index (χ1v) is 8.98. The lowest BCUT2D eigenvalue weighted by Crippen LogP contribution is -2.40. The first-order chi connectivity index (χ1) is 13.5. The zero-order chi connectivity index (χ0) is 20.4. The number of fused-ring (bicyclic) bond motifs is 1. The van der Waals surface area contributed by atoms with Gasteiger partial charge in [0.25, 0.3) is 5.56 Å². The van der Waals surface area contributed by atoms with Crippen LogP contribution in [0.2, 0.25) is 0 Å². The van der Waals surface area contributed by atoms with Gasteiger partial charge in [-0.2, -0.15) is 0 Å². The van der Waals surface area contributed by atoms with E-state index in [-0.39, 0.29) is 24.3 Å². The lowest BCUT2D eigenvalue weighted by atomic mass is 10.2. The van der Waals surface area contributed by atoms with Crippen LogP contribution in [0, 0.1) is 0 Å². The first kappa shape index (κ1) is 19.4. The summed E-state index contributed by atoms with van der Waals surface area (Å²) >= 11 is 0. The lowest BCUT2D eigenvalue weighted by molar-refractivity contribution is -0.146. The summed E-state index contributed by atoms with van der Waals surface area (Å²) < 4.78 is 14.3. The van der Waals surface area contributed by atoms with Crippen LogP contribution in [0.5, 0.6) is 5.75 Å².